The van der Waals surface area contributed by atoms with Crippen molar-refractivity contribution in [3.8, 4) is 0 Å². The van der Waals surface area contributed by atoms with Gasteiger partial charge >= 0.3 is 5.97 Å². The molecule has 1 aliphatic rings. The Hall–Kier alpha value is -0.840. The van der Waals surface area contributed by atoms with Crippen molar-refractivity contribution in [1.29, 1.82) is 0 Å². The van der Waals surface area contributed by atoms with Gasteiger partial charge in [0.05, 0.1) is 12.2 Å². The monoisotopic (exact) mass is 400 g/mol. The first kappa shape index (κ1) is 24.2. The number of unbranched alkanes of at least 4 members (excludes halogenated alkanes) is 3. The molecule has 0 aromatic heterocycles. The van der Waals surface area contributed by atoms with E-state index in [1.54, 1.807) is 0 Å². The predicted molar refractivity (Wildman–Crippen MR) is 111 cm³/mol. The van der Waals surface area contributed by atoms with Gasteiger partial charge in [-0.1, -0.05) is 50.0 Å². The Morgan fingerprint density at radius 1 is 1.22 bits per heavy atom. The average molecular weight is 401 g/mol. The van der Waals surface area contributed by atoms with Crippen molar-refractivity contribution in [3.63, 3.8) is 0 Å². The van der Waals surface area contributed by atoms with Gasteiger partial charge in [-0.05, 0) is 51.4 Å². The molecule has 27 heavy (non-hydrogen) atoms. The highest BCUT2D eigenvalue weighted by molar-refractivity contribution is 6.21. The van der Waals surface area contributed by atoms with Crippen LogP contribution < -0.4 is 0 Å². The Balaban J connectivity index is 2.50. The maximum Gasteiger partial charge on any atom is 0.303 e. The molecule has 0 aromatic rings. The summed E-state index contributed by atoms with van der Waals surface area (Å²) in [5.41, 5.74) is 1.25. The molecule has 1 fully saturated rings. The summed E-state index contributed by atoms with van der Waals surface area (Å²) in [6, 6.07) is 0. The van der Waals surface area contributed by atoms with Gasteiger partial charge in [-0.15, -0.1) is 11.6 Å². The Morgan fingerprint density at radius 3 is 2.52 bits per heavy atom. The largest absolute Gasteiger partial charge is 0.481 e. The SMILES string of the molecule is CC(C)=CCC(C)[C@H](O)C=C[C@@H]1[C@@H](CCCCCCC(=O)O)[C@H](Cl)C[C@H]1O. The van der Waals surface area contributed by atoms with Gasteiger partial charge in [-0.3, -0.25) is 4.79 Å². The first-order valence-electron chi connectivity index (χ1n) is 10.3. The van der Waals surface area contributed by atoms with Crippen LogP contribution in [-0.2, 0) is 4.79 Å². The lowest BCUT2D eigenvalue weighted by Gasteiger charge is -2.21. The third-order valence-electron chi connectivity index (χ3n) is 5.56. The molecule has 0 radical (unpaired) electrons. The van der Waals surface area contributed by atoms with Crippen LogP contribution >= 0.6 is 11.6 Å². The summed E-state index contributed by atoms with van der Waals surface area (Å²) in [6.45, 7) is 6.13. The average Bonchev–Trinajstić information content (AvgIpc) is 2.86. The van der Waals surface area contributed by atoms with Crippen LogP contribution in [0.15, 0.2) is 23.8 Å². The quantitative estimate of drug-likeness (QED) is 0.246. The molecule has 0 spiro atoms. The molecule has 156 valence electrons. The highest BCUT2D eigenvalue weighted by Crippen LogP contribution is 2.40. The molecule has 1 unspecified atom stereocenters. The van der Waals surface area contributed by atoms with Crippen molar-refractivity contribution in [3.05, 3.63) is 23.8 Å². The summed E-state index contributed by atoms with van der Waals surface area (Å²) < 4.78 is 0. The van der Waals surface area contributed by atoms with E-state index < -0.39 is 18.2 Å². The molecule has 3 N–H and O–H groups in total. The van der Waals surface area contributed by atoms with Crippen LogP contribution in [0.2, 0.25) is 0 Å². The van der Waals surface area contributed by atoms with Gasteiger partial charge in [-0.25, -0.2) is 0 Å². The van der Waals surface area contributed by atoms with Crippen molar-refractivity contribution in [2.75, 3.05) is 0 Å². The van der Waals surface area contributed by atoms with Crippen LogP contribution in [0.4, 0.5) is 0 Å². The minimum atomic E-state index is -0.739. The molecule has 0 saturated heterocycles. The minimum absolute atomic E-state index is 0.0168. The van der Waals surface area contributed by atoms with Crippen LogP contribution in [0.5, 0.6) is 0 Å². The number of carboxylic acid groups (broad SMARTS) is 1. The van der Waals surface area contributed by atoms with E-state index in [1.807, 2.05) is 19.1 Å². The second kappa shape index (κ2) is 12.6. The van der Waals surface area contributed by atoms with Gasteiger partial charge in [0, 0.05) is 17.7 Å². The molecule has 0 bridgehead atoms. The van der Waals surface area contributed by atoms with Crippen LogP contribution in [0.1, 0.15) is 72.1 Å². The number of halogens is 1. The molecule has 0 aliphatic heterocycles. The van der Waals surface area contributed by atoms with Gasteiger partial charge in [0.2, 0.25) is 0 Å². The lowest BCUT2D eigenvalue weighted by atomic mass is 9.88. The molecule has 5 heteroatoms. The minimum Gasteiger partial charge on any atom is -0.481 e. The number of aliphatic hydroxyl groups is 2. The Kier molecular flexibility index (Phi) is 11.3. The fourth-order valence-electron chi connectivity index (χ4n) is 3.74. The van der Waals surface area contributed by atoms with Gasteiger partial charge in [0.15, 0.2) is 0 Å². The fourth-order valence-corrected chi connectivity index (χ4v) is 4.21. The summed E-state index contributed by atoms with van der Waals surface area (Å²) in [5, 5.41) is 29.4. The second-order valence-electron chi connectivity index (χ2n) is 8.28. The molecule has 6 atom stereocenters. The van der Waals surface area contributed by atoms with Gasteiger partial charge < -0.3 is 15.3 Å². The summed E-state index contributed by atoms with van der Waals surface area (Å²) in [7, 11) is 0. The van der Waals surface area contributed by atoms with Crippen molar-refractivity contribution in [1.82, 2.24) is 0 Å². The molecule has 0 amide bonds. The summed E-state index contributed by atoms with van der Waals surface area (Å²) in [6.07, 6.45) is 11.1. The van der Waals surface area contributed by atoms with E-state index >= 15 is 0 Å². The zero-order valence-electron chi connectivity index (χ0n) is 17.0. The fraction of sp³-hybridized carbons (Fsp3) is 0.773. The second-order valence-corrected chi connectivity index (χ2v) is 8.84. The molecular formula is C22H37ClO4. The topological polar surface area (TPSA) is 77.8 Å². The van der Waals surface area contributed by atoms with Crippen LogP contribution in [-0.4, -0.2) is 38.9 Å². The first-order chi connectivity index (χ1) is 12.7. The predicted octanol–water partition coefficient (Wildman–Crippen LogP) is 4.93. The molecule has 1 saturated carbocycles. The van der Waals surface area contributed by atoms with Crippen molar-refractivity contribution >= 4 is 17.6 Å². The Bertz CT molecular complexity index is 499. The van der Waals surface area contributed by atoms with E-state index in [1.165, 1.54) is 5.57 Å². The van der Waals surface area contributed by atoms with E-state index in [-0.39, 0.29) is 29.6 Å². The van der Waals surface area contributed by atoms with E-state index in [0.29, 0.717) is 12.8 Å². The standard InChI is InChI=1S/C22H37ClO4/c1-15(2)10-11-16(3)20(24)13-12-18-17(19(23)14-21(18)25)8-6-4-5-7-9-22(26)27/h10,12-13,16-21,24-25H,4-9,11,14H2,1-3H3,(H,26,27)/t16?,17-,18-,19-,20-,21-/m1/s1. The van der Waals surface area contributed by atoms with E-state index in [2.05, 4.69) is 19.9 Å². The number of aliphatic hydroxyl groups excluding tert-OH is 2. The molecule has 1 rings (SSSR count). The highest BCUT2D eigenvalue weighted by Gasteiger charge is 2.39. The van der Waals surface area contributed by atoms with E-state index in [9.17, 15) is 15.0 Å². The molecule has 4 nitrogen and oxygen atoms in total. The lowest BCUT2D eigenvalue weighted by Crippen LogP contribution is -2.20. The number of carbonyl (C=O) groups is 1. The van der Waals surface area contributed by atoms with Crippen LogP contribution in [0.25, 0.3) is 0 Å². The van der Waals surface area contributed by atoms with E-state index in [0.717, 1.165) is 32.1 Å². The van der Waals surface area contributed by atoms with Crippen LogP contribution in [0.3, 0.4) is 0 Å². The number of hydrogen-bond donors (Lipinski definition) is 3. The van der Waals surface area contributed by atoms with Crippen molar-refractivity contribution in [2.45, 2.75) is 89.7 Å². The number of rotatable bonds is 12. The summed E-state index contributed by atoms with van der Waals surface area (Å²) >= 11 is 6.47. The molecular weight excluding hydrogens is 364 g/mol. The third-order valence-corrected chi connectivity index (χ3v) is 6.06. The normalized spacial score (nSPS) is 27.6. The number of carboxylic acids is 1. The Labute approximate surface area is 169 Å². The summed E-state index contributed by atoms with van der Waals surface area (Å²) in [4.78, 5) is 10.5. The lowest BCUT2D eigenvalue weighted by molar-refractivity contribution is -0.137. The molecule has 1 aliphatic carbocycles. The number of hydrogen-bond acceptors (Lipinski definition) is 3. The first-order valence-corrected chi connectivity index (χ1v) is 10.7. The Morgan fingerprint density at radius 2 is 1.89 bits per heavy atom. The maximum absolute atomic E-state index is 10.5. The smallest absolute Gasteiger partial charge is 0.303 e. The summed E-state index contributed by atoms with van der Waals surface area (Å²) in [5.74, 6) is -0.416. The number of alkyl halides is 1. The number of aliphatic carboxylic acids is 1. The maximum atomic E-state index is 10.5. The van der Waals surface area contributed by atoms with Crippen LogP contribution in [0, 0.1) is 17.8 Å². The zero-order valence-corrected chi connectivity index (χ0v) is 17.7. The third kappa shape index (κ3) is 9.27. The van der Waals surface area contributed by atoms with Crippen molar-refractivity contribution in [2.24, 2.45) is 17.8 Å². The highest BCUT2D eigenvalue weighted by atomic mass is 35.5. The zero-order chi connectivity index (χ0) is 20.4. The number of allylic oxidation sites excluding steroid dienone is 2. The van der Waals surface area contributed by atoms with Gasteiger partial charge in [-0.2, -0.15) is 0 Å². The van der Waals surface area contributed by atoms with E-state index in [4.69, 9.17) is 16.7 Å². The van der Waals surface area contributed by atoms with Crippen molar-refractivity contribution < 1.29 is 20.1 Å². The molecule has 0 aromatic carbocycles. The van der Waals surface area contributed by atoms with Gasteiger partial charge in [0.25, 0.3) is 0 Å². The molecule has 0 heterocycles. The van der Waals surface area contributed by atoms with Gasteiger partial charge in [0.1, 0.15) is 0 Å².